The largest absolute Gasteiger partial charge is 0.393 e. The second-order valence-corrected chi connectivity index (χ2v) is 13.2. The summed E-state index contributed by atoms with van der Waals surface area (Å²) in [5, 5.41) is 10.5. The zero-order chi connectivity index (χ0) is 21.0. The van der Waals surface area contributed by atoms with Crippen LogP contribution in [0.5, 0.6) is 0 Å². The molecule has 29 heavy (non-hydrogen) atoms. The van der Waals surface area contributed by atoms with Gasteiger partial charge in [0.25, 0.3) is 0 Å². The summed E-state index contributed by atoms with van der Waals surface area (Å²) in [6.45, 7) is 15.0. The lowest BCUT2D eigenvalue weighted by molar-refractivity contribution is -0.142. The standard InChI is InChI=1S/C28H50O/c1-18(2)8-7-9-19(3)23-12-13-24-22-11-10-21-16-26(29)20(4)17-28(21,6)25(22)14-15-27(23,24)5/h18-26,29H,7-17H2,1-6H3/t19-,20?,21-,22+,23-,24+,25+,26+,27-,28+/m1/s1. The van der Waals surface area contributed by atoms with Crippen LogP contribution in [-0.4, -0.2) is 11.2 Å². The fraction of sp³-hybridized carbons (Fsp3) is 1.00. The highest BCUT2D eigenvalue weighted by atomic mass is 16.3. The summed E-state index contributed by atoms with van der Waals surface area (Å²) in [4.78, 5) is 0. The Hall–Kier alpha value is -0.0400. The number of fused-ring (bicyclic) bond motifs is 5. The molecule has 1 heteroatoms. The van der Waals surface area contributed by atoms with Crippen molar-refractivity contribution in [2.45, 2.75) is 118 Å². The van der Waals surface area contributed by atoms with Crippen LogP contribution in [-0.2, 0) is 0 Å². The van der Waals surface area contributed by atoms with Crippen molar-refractivity contribution in [2.75, 3.05) is 0 Å². The molecule has 0 aromatic rings. The maximum atomic E-state index is 10.5. The monoisotopic (exact) mass is 402 g/mol. The molecule has 4 aliphatic rings. The minimum Gasteiger partial charge on any atom is -0.393 e. The van der Waals surface area contributed by atoms with Gasteiger partial charge in [0.15, 0.2) is 0 Å². The van der Waals surface area contributed by atoms with E-state index < -0.39 is 0 Å². The van der Waals surface area contributed by atoms with E-state index in [4.69, 9.17) is 0 Å². The third-order valence-electron chi connectivity index (χ3n) is 11.2. The Bertz CT molecular complexity index is 569. The molecular weight excluding hydrogens is 352 g/mol. The minimum atomic E-state index is -0.0407. The third kappa shape index (κ3) is 3.74. The third-order valence-corrected chi connectivity index (χ3v) is 11.2. The Labute approximate surface area is 181 Å². The molecule has 0 aromatic heterocycles. The first-order valence-corrected chi connectivity index (χ1v) is 13.3. The van der Waals surface area contributed by atoms with Crippen molar-refractivity contribution in [3.8, 4) is 0 Å². The first-order valence-electron chi connectivity index (χ1n) is 13.3. The van der Waals surface area contributed by atoms with Gasteiger partial charge in [-0.25, -0.2) is 0 Å². The van der Waals surface area contributed by atoms with E-state index in [1.165, 1.54) is 64.2 Å². The molecule has 4 rings (SSSR count). The van der Waals surface area contributed by atoms with E-state index in [1.807, 2.05) is 0 Å². The molecule has 1 nitrogen and oxygen atoms in total. The Morgan fingerprint density at radius 3 is 2.34 bits per heavy atom. The molecule has 0 aromatic carbocycles. The maximum absolute atomic E-state index is 10.5. The molecule has 0 saturated heterocycles. The van der Waals surface area contributed by atoms with Crippen LogP contribution in [0.15, 0.2) is 0 Å². The van der Waals surface area contributed by atoms with Gasteiger partial charge in [-0.3, -0.25) is 0 Å². The SMILES string of the molecule is CC(C)CCC[C@@H](C)[C@H]1CC[C@H]2[C@@H]3CC[C@@H]4C[C@H](O)C(C)C[C@]4(C)[C@H]3CC[C@]12C. The van der Waals surface area contributed by atoms with Crippen LogP contribution < -0.4 is 0 Å². The highest BCUT2D eigenvalue weighted by molar-refractivity contribution is 5.10. The van der Waals surface area contributed by atoms with Crippen molar-refractivity contribution in [2.24, 2.45) is 58.2 Å². The smallest absolute Gasteiger partial charge is 0.0568 e. The van der Waals surface area contributed by atoms with Crippen molar-refractivity contribution in [1.82, 2.24) is 0 Å². The molecule has 10 atom stereocenters. The van der Waals surface area contributed by atoms with Gasteiger partial charge in [0.1, 0.15) is 0 Å². The number of rotatable bonds is 5. The zero-order valence-corrected chi connectivity index (χ0v) is 20.4. The van der Waals surface area contributed by atoms with Gasteiger partial charge >= 0.3 is 0 Å². The molecular formula is C28H50O. The number of aliphatic hydroxyl groups is 1. The Morgan fingerprint density at radius 2 is 1.62 bits per heavy atom. The van der Waals surface area contributed by atoms with Crippen LogP contribution in [0, 0.1) is 58.2 Å². The van der Waals surface area contributed by atoms with Gasteiger partial charge in [-0.05, 0) is 110 Å². The first kappa shape index (κ1) is 22.2. The highest BCUT2D eigenvalue weighted by Gasteiger charge is 2.61. The second kappa shape index (κ2) is 8.14. The summed E-state index contributed by atoms with van der Waals surface area (Å²) in [6.07, 6.45) is 15.4. The normalized spacial score (nSPS) is 50.7. The van der Waals surface area contributed by atoms with Crippen molar-refractivity contribution in [3.05, 3.63) is 0 Å². The number of aliphatic hydroxyl groups excluding tert-OH is 1. The van der Waals surface area contributed by atoms with Gasteiger partial charge in [0.2, 0.25) is 0 Å². The molecule has 0 spiro atoms. The molecule has 0 amide bonds. The topological polar surface area (TPSA) is 20.2 Å². The van der Waals surface area contributed by atoms with E-state index in [0.717, 1.165) is 47.8 Å². The van der Waals surface area contributed by atoms with Crippen LogP contribution in [0.25, 0.3) is 0 Å². The van der Waals surface area contributed by atoms with E-state index >= 15 is 0 Å². The molecule has 4 aliphatic carbocycles. The summed E-state index contributed by atoms with van der Waals surface area (Å²) in [6, 6.07) is 0. The Balaban J connectivity index is 1.47. The fourth-order valence-electron chi connectivity index (χ4n) is 9.62. The van der Waals surface area contributed by atoms with Crippen LogP contribution >= 0.6 is 0 Å². The number of hydrogen-bond acceptors (Lipinski definition) is 1. The molecule has 0 aliphatic heterocycles. The molecule has 0 heterocycles. The lowest BCUT2D eigenvalue weighted by atomic mass is 9.43. The van der Waals surface area contributed by atoms with E-state index in [9.17, 15) is 5.11 Å². The average molecular weight is 403 g/mol. The average Bonchev–Trinajstić information content (AvgIpc) is 3.00. The van der Waals surface area contributed by atoms with Gasteiger partial charge in [-0.15, -0.1) is 0 Å². The van der Waals surface area contributed by atoms with Gasteiger partial charge in [-0.1, -0.05) is 60.8 Å². The summed E-state index contributed by atoms with van der Waals surface area (Å²) >= 11 is 0. The van der Waals surface area contributed by atoms with Crippen molar-refractivity contribution in [1.29, 1.82) is 0 Å². The van der Waals surface area contributed by atoms with E-state index in [0.29, 0.717) is 16.7 Å². The van der Waals surface area contributed by atoms with Crippen molar-refractivity contribution >= 4 is 0 Å². The Kier molecular flexibility index (Phi) is 6.22. The summed E-state index contributed by atoms with van der Waals surface area (Å²) < 4.78 is 0. The first-order chi connectivity index (χ1) is 13.7. The van der Waals surface area contributed by atoms with Crippen LogP contribution in [0.4, 0.5) is 0 Å². The highest BCUT2D eigenvalue weighted by Crippen LogP contribution is 2.68. The van der Waals surface area contributed by atoms with Gasteiger partial charge in [-0.2, -0.15) is 0 Å². The maximum Gasteiger partial charge on any atom is 0.0568 e. The summed E-state index contributed by atoms with van der Waals surface area (Å²) in [5.41, 5.74) is 1.12. The molecule has 168 valence electrons. The fourth-order valence-corrected chi connectivity index (χ4v) is 9.62. The second-order valence-electron chi connectivity index (χ2n) is 13.2. The van der Waals surface area contributed by atoms with Gasteiger partial charge in [0.05, 0.1) is 6.10 Å². The lowest BCUT2D eigenvalue weighted by Gasteiger charge is -2.62. The molecule has 0 bridgehead atoms. The molecule has 4 saturated carbocycles. The molecule has 1 N–H and O–H groups in total. The summed E-state index contributed by atoms with van der Waals surface area (Å²) in [7, 11) is 0. The zero-order valence-electron chi connectivity index (χ0n) is 20.4. The quantitative estimate of drug-likeness (QED) is 0.499. The van der Waals surface area contributed by atoms with Gasteiger partial charge < -0.3 is 5.11 Å². The molecule has 0 radical (unpaired) electrons. The molecule has 4 fully saturated rings. The van der Waals surface area contributed by atoms with E-state index in [1.54, 1.807) is 0 Å². The predicted molar refractivity (Wildman–Crippen MR) is 124 cm³/mol. The number of hydrogen-bond donors (Lipinski definition) is 1. The van der Waals surface area contributed by atoms with Crippen LogP contribution in [0.1, 0.15) is 112 Å². The van der Waals surface area contributed by atoms with E-state index in [2.05, 4.69) is 41.5 Å². The van der Waals surface area contributed by atoms with Crippen molar-refractivity contribution < 1.29 is 5.11 Å². The summed E-state index contributed by atoms with van der Waals surface area (Å²) in [5.74, 6) is 6.92. The lowest BCUT2D eigenvalue weighted by Crippen LogP contribution is -2.55. The van der Waals surface area contributed by atoms with E-state index in [-0.39, 0.29) is 6.10 Å². The molecule has 1 unspecified atom stereocenters. The predicted octanol–water partition coefficient (Wildman–Crippen LogP) is 7.71. The van der Waals surface area contributed by atoms with Crippen LogP contribution in [0.2, 0.25) is 0 Å². The Morgan fingerprint density at radius 1 is 0.897 bits per heavy atom. The van der Waals surface area contributed by atoms with Crippen LogP contribution in [0.3, 0.4) is 0 Å². The van der Waals surface area contributed by atoms with Crippen molar-refractivity contribution in [3.63, 3.8) is 0 Å². The minimum absolute atomic E-state index is 0.0407. The van der Waals surface area contributed by atoms with Gasteiger partial charge in [0, 0.05) is 0 Å².